The number of hydrogen-bond donors (Lipinski definition) is 0. The van der Waals surface area contributed by atoms with Gasteiger partial charge >= 0.3 is 5.97 Å². The lowest BCUT2D eigenvalue weighted by Crippen LogP contribution is -3.00. The second-order valence-electron chi connectivity index (χ2n) is 9.89. The first-order valence-electron chi connectivity index (χ1n) is 13.1. The highest BCUT2D eigenvalue weighted by atomic mass is 35.5. The normalized spacial score (nSPS) is 14.2. The number of esters is 1. The van der Waals surface area contributed by atoms with Crippen LogP contribution < -0.4 is 12.4 Å². The summed E-state index contributed by atoms with van der Waals surface area (Å²) in [4.78, 5) is 12.2. The smallest absolute Gasteiger partial charge is 0.337 e. The minimum Gasteiger partial charge on any atom is -1.00 e. The van der Waals surface area contributed by atoms with E-state index in [9.17, 15) is 4.79 Å². The van der Waals surface area contributed by atoms with E-state index in [1.807, 2.05) is 0 Å². The van der Waals surface area contributed by atoms with Gasteiger partial charge in [0.25, 0.3) is 0 Å². The average Bonchev–Trinajstić information content (AvgIpc) is 2.75. The summed E-state index contributed by atoms with van der Waals surface area (Å²) >= 11 is 0. The van der Waals surface area contributed by atoms with E-state index < -0.39 is 0 Å². The average molecular weight is 472 g/mol. The Hall–Kier alpha value is -0.800. The van der Waals surface area contributed by atoms with E-state index in [4.69, 9.17) is 4.74 Å². The summed E-state index contributed by atoms with van der Waals surface area (Å²) in [6, 6.07) is 0. The van der Waals surface area contributed by atoms with Gasteiger partial charge in [-0.3, -0.25) is 4.48 Å². The Bertz CT molecular complexity index is 518. The number of quaternary nitrogens is 1. The number of likely N-dealkylation sites (N-methyl/N-ethyl adjacent to an activating group) is 1. The molecule has 2 atom stereocenters. The maximum absolute atomic E-state index is 12.2. The molecule has 3 nitrogen and oxygen atoms in total. The molecule has 0 heterocycles. The van der Waals surface area contributed by atoms with E-state index >= 15 is 0 Å². The van der Waals surface area contributed by atoms with Crippen molar-refractivity contribution < 1.29 is 26.4 Å². The third kappa shape index (κ3) is 11.4. The van der Waals surface area contributed by atoms with Crippen molar-refractivity contribution in [2.45, 2.75) is 136 Å². The summed E-state index contributed by atoms with van der Waals surface area (Å²) in [5, 5.41) is 0. The second kappa shape index (κ2) is 18.6. The van der Waals surface area contributed by atoms with E-state index in [2.05, 4.69) is 54.1 Å². The van der Waals surface area contributed by atoms with Crippen LogP contribution in [0.25, 0.3) is 0 Å². The van der Waals surface area contributed by atoms with Crippen LogP contribution in [0.3, 0.4) is 0 Å². The van der Waals surface area contributed by atoms with Crippen LogP contribution in [0.2, 0.25) is 0 Å². The van der Waals surface area contributed by atoms with Crippen molar-refractivity contribution in [2.24, 2.45) is 0 Å². The van der Waals surface area contributed by atoms with Crippen molar-refractivity contribution >= 4 is 5.97 Å². The van der Waals surface area contributed by atoms with E-state index in [-0.39, 0.29) is 30.1 Å². The highest BCUT2D eigenvalue weighted by Crippen LogP contribution is 2.36. The fourth-order valence-corrected chi connectivity index (χ4v) is 4.81. The molecule has 0 rings (SSSR count). The Balaban J connectivity index is 0. The first kappa shape index (κ1) is 33.4. The fraction of sp³-hybridized carbons (Fsp3) is 0.821. The lowest BCUT2D eigenvalue weighted by Gasteiger charge is -2.50. The third-order valence-electron chi connectivity index (χ3n) is 7.26. The molecule has 0 aromatic rings. The molecule has 0 aliphatic heterocycles. The van der Waals surface area contributed by atoms with Gasteiger partial charge in [-0.2, -0.15) is 0 Å². The van der Waals surface area contributed by atoms with Crippen LogP contribution in [0.4, 0.5) is 0 Å². The van der Waals surface area contributed by atoms with Gasteiger partial charge in [0.1, 0.15) is 5.54 Å². The molecule has 190 valence electrons. The molecule has 0 saturated carbocycles. The second-order valence-corrected chi connectivity index (χ2v) is 9.89. The van der Waals surface area contributed by atoms with Gasteiger partial charge in [-0.05, 0) is 19.4 Å². The van der Waals surface area contributed by atoms with E-state index in [0.29, 0.717) is 10.1 Å². The maximum atomic E-state index is 12.2. The molecule has 32 heavy (non-hydrogen) atoms. The first-order valence-corrected chi connectivity index (χ1v) is 13.1. The van der Waals surface area contributed by atoms with Gasteiger partial charge < -0.3 is 17.1 Å². The maximum Gasteiger partial charge on any atom is 0.337 e. The molecule has 0 fully saturated rings. The molecule has 4 heteroatoms. The lowest BCUT2D eigenvalue weighted by molar-refractivity contribution is -0.975. The number of hydrogen-bond acceptors (Lipinski definition) is 2. The summed E-state index contributed by atoms with van der Waals surface area (Å²) in [5.41, 5.74) is 0.370. The van der Waals surface area contributed by atoms with Crippen LogP contribution in [0.15, 0.2) is 24.8 Å². The Morgan fingerprint density at radius 2 is 1.34 bits per heavy atom. The summed E-state index contributed by atoms with van der Waals surface area (Å²) in [6.45, 7) is 16.2. The van der Waals surface area contributed by atoms with Gasteiger partial charge in [0.2, 0.25) is 6.23 Å². The Morgan fingerprint density at radius 1 is 0.906 bits per heavy atom. The number of unbranched alkanes of at least 4 members (excludes halogenated alkanes) is 11. The monoisotopic (exact) mass is 471 g/mol. The molecule has 0 amide bonds. The van der Waals surface area contributed by atoms with Gasteiger partial charge in [0.05, 0.1) is 14.1 Å². The quantitative estimate of drug-likeness (QED) is 0.0597. The summed E-state index contributed by atoms with van der Waals surface area (Å²) in [5.74, 6) is -0.294. The number of rotatable bonds is 20. The fourth-order valence-electron chi connectivity index (χ4n) is 4.81. The van der Waals surface area contributed by atoms with Crippen molar-refractivity contribution in [3.8, 4) is 0 Å². The van der Waals surface area contributed by atoms with Crippen LogP contribution in [-0.4, -0.2) is 36.3 Å². The number of carbonyl (C=O) groups excluding carboxylic acids is 1. The topological polar surface area (TPSA) is 26.3 Å². The summed E-state index contributed by atoms with van der Waals surface area (Å²) in [7, 11) is 4.37. The molecule has 0 radical (unpaired) electrons. The van der Waals surface area contributed by atoms with Crippen LogP contribution in [0, 0.1) is 0 Å². The van der Waals surface area contributed by atoms with Gasteiger partial charge in [0, 0.05) is 24.8 Å². The Labute approximate surface area is 207 Å². The number of nitrogens with zero attached hydrogens (tertiary/aromatic N) is 1. The Kier molecular flexibility index (Phi) is 19.4. The highest BCUT2D eigenvalue weighted by molar-refractivity contribution is 5.87. The Morgan fingerprint density at radius 3 is 1.69 bits per heavy atom. The van der Waals surface area contributed by atoms with Gasteiger partial charge in [0.15, 0.2) is 0 Å². The van der Waals surface area contributed by atoms with E-state index in [1.54, 1.807) is 6.92 Å². The zero-order chi connectivity index (χ0) is 23.8. The van der Waals surface area contributed by atoms with Crippen molar-refractivity contribution in [3.63, 3.8) is 0 Å². The van der Waals surface area contributed by atoms with Crippen molar-refractivity contribution in [2.75, 3.05) is 14.1 Å². The zero-order valence-corrected chi connectivity index (χ0v) is 23.1. The molecule has 0 aliphatic carbocycles. The highest BCUT2D eigenvalue weighted by Gasteiger charge is 2.47. The molecular weight excluding hydrogens is 418 g/mol. The van der Waals surface area contributed by atoms with Gasteiger partial charge in [-0.25, -0.2) is 4.79 Å². The van der Waals surface area contributed by atoms with Crippen LogP contribution in [0.5, 0.6) is 0 Å². The van der Waals surface area contributed by atoms with Gasteiger partial charge in [-0.15, -0.1) is 0 Å². The number of ether oxygens (including phenoxy) is 1. The SMILES string of the molecule is C=CC(CC)(CCCCCCCCCCCCCC)[N+](C)(C)C(CC)OC(=O)C(=C)C.[Cl-]. The lowest BCUT2D eigenvalue weighted by atomic mass is 9.85. The molecule has 0 N–H and O–H groups in total. The van der Waals surface area contributed by atoms with Crippen LogP contribution in [0.1, 0.15) is 124 Å². The summed E-state index contributed by atoms with van der Waals surface area (Å²) < 4.78 is 6.46. The zero-order valence-electron chi connectivity index (χ0n) is 22.3. The van der Waals surface area contributed by atoms with E-state index in [1.165, 1.54) is 77.0 Å². The molecule has 0 spiro atoms. The number of carbonyl (C=O) groups is 1. The molecule has 0 saturated heterocycles. The predicted molar refractivity (Wildman–Crippen MR) is 136 cm³/mol. The first-order chi connectivity index (χ1) is 14.7. The van der Waals surface area contributed by atoms with Crippen LogP contribution in [-0.2, 0) is 9.53 Å². The molecule has 0 aromatic carbocycles. The summed E-state index contributed by atoms with van der Waals surface area (Å²) in [6.07, 6.45) is 21.1. The van der Waals surface area contributed by atoms with E-state index in [0.717, 1.165) is 19.3 Å². The molecular formula is C28H54ClNO2. The van der Waals surface area contributed by atoms with Crippen molar-refractivity contribution in [3.05, 3.63) is 24.8 Å². The van der Waals surface area contributed by atoms with Crippen molar-refractivity contribution in [1.29, 1.82) is 0 Å². The van der Waals surface area contributed by atoms with Crippen LogP contribution >= 0.6 is 0 Å². The molecule has 2 unspecified atom stereocenters. The predicted octanol–water partition coefficient (Wildman–Crippen LogP) is 5.35. The molecule has 0 aliphatic rings. The minimum absolute atomic E-state index is 0. The number of halogens is 1. The van der Waals surface area contributed by atoms with Crippen molar-refractivity contribution in [1.82, 2.24) is 0 Å². The standard InChI is InChI=1S/C28H54NO2.ClH/c1-9-13-14-15-16-17-18-19-20-21-22-23-24-28(11-3,12-4)29(7,8)26(10-2)31-27(30)25(5)6;/h11,26H,3,5,9-10,12-24H2,1-2,4,6-8H3;1H/q+1;/p-1. The third-order valence-corrected chi connectivity index (χ3v) is 7.26. The largest absolute Gasteiger partial charge is 1.00 e. The van der Waals surface area contributed by atoms with Gasteiger partial charge in [-0.1, -0.05) is 105 Å². The molecule has 0 aromatic heterocycles. The minimum atomic E-state index is -0.294. The molecule has 0 bridgehead atoms.